The lowest BCUT2D eigenvalue weighted by molar-refractivity contribution is -0.119. The highest BCUT2D eigenvalue weighted by Crippen LogP contribution is 2.30. The van der Waals surface area contributed by atoms with E-state index in [9.17, 15) is 9.59 Å². The fourth-order valence-electron chi connectivity index (χ4n) is 3.98. The molecule has 0 aromatic carbocycles. The predicted octanol–water partition coefficient (Wildman–Crippen LogP) is 2.90. The number of aryl methyl sites for hydroxylation is 2. The summed E-state index contributed by atoms with van der Waals surface area (Å²) in [5, 5.41) is 14.3. The standard InChI is InChI=1S/C23H26N8O3S.2H2/c1-14-10-30(4-5-34-14)13-21(32)27-17-6-19(15(2)24-8-17)28-22(33)18-9-26-31-12-20(35-23(18)31)16-7-25-29(3)11-16;;/h6-9,11-12,14H,4-5,10,13H2,1-3H3,(H,27,32)(H,28,33);2*1H. The number of thiazole rings is 1. The molecule has 1 fully saturated rings. The Balaban J connectivity index is 0.00000190. The SMILES string of the molecule is Cc1ncc(NC(=O)CN2CCOC(C)C2)cc1NC(=O)c1cnn2cc(-c3cnn(C)c3)sc12.[HH].[HH]. The third-order valence-electron chi connectivity index (χ3n) is 5.74. The van der Waals surface area contributed by atoms with Crippen LogP contribution < -0.4 is 10.6 Å². The smallest absolute Gasteiger partial charge is 0.260 e. The van der Waals surface area contributed by atoms with E-state index in [1.54, 1.807) is 40.8 Å². The van der Waals surface area contributed by atoms with Crippen LogP contribution in [0.3, 0.4) is 0 Å². The van der Waals surface area contributed by atoms with E-state index in [2.05, 4.69) is 30.7 Å². The van der Waals surface area contributed by atoms with Crippen LogP contribution in [-0.4, -0.2) is 73.4 Å². The molecule has 2 amide bonds. The molecular weight excluding hydrogens is 468 g/mol. The molecule has 1 unspecified atom stereocenters. The van der Waals surface area contributed by atoms with Gasteiger partial charge in [0.1, 0.15) is 4.83 Å². The van der Waals surface area contributed by atoms with E-state index in [-0.39, 0.29) is 27.3 Å². The van der Waals surface area contributed by atoms with Gasteiger partial charge in [-0.25, -0.2) is 4.52 Å². The second-order valence-corrected chi connectivity index (χ2v) is 9.61. The zero-order valence-corrected chi connectivity index (χ0v) is 20.5. The van der Waals surface area contributed by atoms with Crippen molar-refractivity contribution in [2.75, 3.05) is 36.9 Å². The fraction of sp³-hybridized carbons (Fsp3) is 0.348. The van der Waals surface area contributed by atoms with E-state index >= 15 is 0 Å². The van der Waals surface area contributed by atoms with Crippen LogP contribution in [0.5, 0.6) is 0 Å². The Hall–Kier alpha value is -3.61. The average molecular weight is 499 g/mol. The summed E-state index contributed by atoms with van der Waals surface area (Å²) in [7, 11) is 1.86. The molecule has 0 radical (unpaired) electrons. The molecule has 0 aliphatic carbocycles. The molecular formula is C23H30N8O3S. The molecule has 0 saturated carbocycles. The van der Waals surface area contributed by atoms with Crippen molar-refractivity contribution in [2.24, 2.45) is 7.05 Å². The summed E-state index contributed by atoms with van der Waals surface area (Å²) < 4.78 is 8.94. The number of pyridine rings is 1. The molecule has 4 aromatic heterocycles. The van der Waals surface area contributed by atoms with Crippen molar-refractivity contribution in [2.45, 2.75) is 20.0 Å². The van der Waals surface area contributed by atoms with Crippen LogP contribution in [0, 0.1) is 6.92 Å². The van der Waals surface area contributed by atoms with E-state index in [0.29, 0.717) is 35.8 Å². The van der Waals surface area contributed by atoms with Crippen LogP contribution in [0.2, 0.25) is 0 Å². The van der Waals surface area contributed by atoms with Crippen LogP contribution in [0.25, 0.3) is 15.3 Å². The number of nitrogens with one attached hydrogen (secondary N) is 2. The maximum absolute atomic E-state index is 13.1. The van der Waals surface area contributed by atoms with Crippen molar-refractivity contribution in [3.05, 3.63) is 48.3 Å². The summed E-state index contributed by atoms with van der Waals surface area (Å²) in [6.07, 6.45) is 8.82. The zero-order valence-electron chi connectivity index (χ0n) is 19.7. The Bertz CT molecular complexity index is 1400. The summed E-state index contributed by atoms with van der Waals surface area (Å²) >= 11 is 1.47. The number of morpholine rings is 1. The molecule has 1 aliphatic rings. The van der Waals surface area contributed by atoms with Gasteiger partial charge >= 0.3 is 0 Å². The summed E-state index contributed by atoms with van der Waals surface area (Å²) in [5.74, 6) is -0.433. The monoisotopic (exact) mass is 498 g/mol. The highest BCUT2D eigenvalue weighted by molar-refractivity contribution is 7.21. The van der Waals surface area contributed by atoms with Crippen LogP contribution >= 0.6 is 11.3 Å². The maximum atomic E-state index is 13.1. The van der Waals surface area contributed by atoms with Gasteiger partial charge in [0.25, 0.3) is 5.91 Å². The summed E-state index contributed by atoms with van der Waals surface area (Å²) in [5.41, 5.74) is 3.11. The predicted molar refractivity (Wildman–Crippen MR) is 137 cm³/mol. The Morgan fingerprint density at radius 2 is 2.09 bits per heavy atom. The van der Waals surface area contributed by atoms with Gasteiger partial charge < -0.3 is 15.4 Å². The molecule has 0 spiro atoms. The van der Waals surface area contributed by atoms with Crippen molar-refractivity contribution >= 4 is 39.4 Å². The van der Waals surface area contributed by atoms with Crippen molar-refractivity contribution < 1.29 is 17.2 Å². The van der Waals surface area contributed by atoms with Crippen LogP contribution in [0.1, 0.15) is 25.8 Å². The van der Waals surface area contributed by atoms with Gasteiger partial charge in [-0.2, -0.15) is 10.2 Å². The number of fused-ring (bicyclic) bond motifs is 1. The van der Waals surface area contributed by atoms with Crippen molar-refractivity contribution in [1.82, 2.24) is 29.3 Å². The average Bonchev–Trinajstić information content (AvgIpc) is 3.51. The minimum absolute atomic E-state index is 0. The Morgan fingerprint density at radius 3 is 2.86 bits per heavy atom. The summed E-state index contributed by atoms with van der Waals surface area (Å²) in [6, 6.07) is 1.72. The molecule has 1 saturated heterocycles. The van der Waals surface area contributed by atoms with Crippen molar-refractivity contribution in [3.63, 3.8) is 0 Å². The number of anilines is 2. The van der Waals surface area contributed by atoms with Gasteiger partial charge in [0.2, 0.25) is 5.91 Å². The first-order valence-corrected chi connectivity index (χ1v) is 12.1. The first-order valence-electron chi connectivity index (χ1n) is 11.2. The molecule has 1 atom stereocenters. The van der Waals surface area contributed by atoms with E-state index in [1.807, 2.05) is 26.4 Å². The molecule has 5 rings (SSSR count). The Labute approximate surface area is 208 Å². The zero-order chi connectivity index (χ0) is 24.5. The number of ether oxygens (including phenoxy) is 1. The number of rotatable bonds is 6. The van der Waals surface area contributed by atoms with Gasteiger partial charge in [0, 0.05) is 40.9 Å². The molecule has 5 heterocycles. The topological polar surface area (TPSA) is 119 Å². The highest BCUT2D eigenvalue weighted by Gasteiger charge is 2.20. The largest absolute Gasteiger partial charge is 0.376 e. The first kappa shape index (κ1) is 23.1. The molecule has 0 bridgehead atoms. The number of amides is 2. The van der Waals surface area contributed by atoms with Crippen molar-refractivity contribution in [3.8, 4) is 10.4 Å². The van der Waals surface area contributed by atoms with E-state index < -0.39 is 0 Å². The quantitative estimate of drug-likeness (QED) is 0.420. The fourth-order valence-corrected chi connectivity index (χ4v) is 5.01. The van der Waals surface area contributed by atoms with Gasteiger partial charge in [-0.05, 0) is 19.9 Å². The second-order valence-electron chi connectivity index (χ2n) is 8.58. The van der Waals surface area contributed by atoms with Crippen LogP contribution in [-0.2, 0) is 16.6 Å². The van der Waals surface area contributed by atoms with Crippen LogP contribution in [0.4, 0.5) is 11.4 Å². The lowest BCUT2D eigenvalue weighted by Crippen LogP contribution is -2.44. The van der Waals surface area contributed by atoms with Gasteiger partial charge in [-0.3, -0.25) is 24.2 Å². The number of hydrogen-bond acceptors (Lipinski definition) is 8. The maximum Gasteiger partial charge on any atom is 0.260 e. The van der Waals surface area contributed by atoms with E-state index in [4.69, 9.17) is 4.74 Å². The lowest BCUT2D eigenvalue weighted by atomic mass is 10.2. The second kappa shape index (κ2) is 9.56. The normalized spacial score (nSPS) is 16.5. The number of carbonyl (C=O) groups excluding carboxylic acids is 2. The van der Waals surface area contributed by atoms with Gasteiger partial charge in [-0.1, -0.05) is 0 Å². The summed E-state index contributed by atoms with van der Waals surface area (Å²) in [4.78, 5) is 33.7. The van der Waals surface area contributed by atoms with E-state index in [0.717, 1.165) is 21.8 Å². The lowest BCUT2D eigenvalue weighted by Gasteiger charge is -2.30. The van der Waals surface area contributed by atoms with Crippen LogP contribution in [0.15, 0.2) is 37.1 Å². The molecule has 2 N–H and O–H groups in total. The van der Waals surface area contributed by atoms with Gasteiger partial charge in [0.05, 0.1) is 65.4 Å². The summed E-state index contributed by atoms with van der Waals surface area (Å²) in [6.45, 7) is 6.12. The van der Waals surface area contributed by atoms with Gasteiger partial charge in [0.15, 0.2) is 0 Å². The minimum Gasteiger partial charge on any atom is -0.376 e. The Kier molecular flexibility index (Phi) is 6.32. The third kappa shape index (κ3) is 5.09. The highest BCUT2D eigenvalue weighted by atomic mass is 32.1. The molecule has 4 aromatic rings. The molecule has 35 heavy (non-hydrogen) atoms. The number of aromatic nitrogens is 5. The molecule has 1 aliphatic heterocycles. The first-order chi connectivity index (χ1) is 16.9. The Morgan fingerprint density at radius 1 is 1.23 bits per heavy atom. The van der Waals surface area contributed by atoms with E-state index in [1.165, 1.54) is 11.3 Å². The minimum atomic E-state index is -0.296. The number of nitrogens with zero attached hydrogens (tertiary/aromatic N) is 6. The van der Waals surface area contributed by atoms with Gasteiger partial charge in [-0.15, -0.1) is 11.3 Å². The third-order valence-corrected chi connectivity index (χ3v) is 6.90. The number of hydrogen-bond donors (Lipinski definition) is 2. The molecule has 12 heteroatoms. The number of carbonyl (C=O) groups is 2. The van der Waals surface area contributed by atoms with Crippen molar-refractivity contribution in [1.29, 1.82) is 0 Å². The molecule has 186 valence electrons. The molecule has 11 nitrogen and oxygen atoms in total.